The highest BCUT2D eigenvalue weighted by Gasteiger charge is 2.36. The molecule has 2 aromatic heterocycles. The van der Waals surface area contributed by atoms with Crippen LogP contribution in [0.4, 0.5) is 19.1 Å². The number of fused-ring (bicyclic) bond motifs is 1. The minimum absolute atomic E-state index is 0.0116. The van der Waals surface area contributed by atoms with Gasteiger partial charge >= 0.3 is 6.18 Å². The number of halogens is 4. The largest absolute Gasteiger partial charge is 0.408 e. The van der Waals surface area contributed by atoms with Gasteiger partial charge in [-0.3, -0.25) is 0 Å². The first-order valence-electron chi connectivity index (χ1n) is 7.73. The zero-order valence-corrected chi connectivity index (χ0v) is 14.3. The van der Waals surface area contributed by atoms with Gasteiger partial charge in [-0.2, -0.15) is 13.2 Å². The van der Waals surface area contributed by atoms with Crippen molar-refractivity contribution in [1.29, 1.82) is 0 Å². The lowest BCUT2D eigenvalue weighted by Crippen LogP contribution is -2.34. The third-order valence-corrected chi connectivity index (χ3v) is 4.99. The predicted octanol–water partition coefficient (Wildman–Crippen LogP) is 4.90. The van der Waals surface area contributed by atoms with Crippen LogP contribution >= 0.6 is 15.9 Å². The maximum Gasteiger partial charge on any atom is 0.408 e. The molecular formula is C15H18BrF3N4. The molecule has 0 saturated heterocycles. The first kappa shape index (κ1) is 16.5. The van der Waals surface area contributed by atoms with Crippen LogP contribution in [-0.4, -0.2) is 26.8 Å². The minimum atomic E-state index is -4.33. The summed E-state index contributed by atoms with van der Waals surface area (Å²) in [4.78, 5) is 4.01. The fourth-order valence-electron chi connectivity index (χ4n) is 3.01. The first-order valence-corrected chi connectivity index (χ1v) is 8.53. The Hall–Kier alpha value is -1.31. The molecule has 0 spiro atoms. The monoisotopic (exact) mass is 390 g/mol. The van der Waals surface area contributed by atoms with E-state index < -0.39 is 12.2 Å². The van der Waals surface area contributed by atoms with E-state index in [0.29, 0.717) is 5.92 Å². The molecule has 1 aliphatic carbocycles. The van der Waals surface area contributed by atoms with Gasteiger partial charge in [-0.1, -0.05) is 19.3 Å². The lowest BCUT2D eigenvalue weighted by molar-refractivity contribution is -0.138. The summed E-state index contributed by atoms with van der Waals surface area (Å²) >= 11 is 3.49. The van der Waals surface area contributed by atoms with Crippen LogP contribution in [0, 0.1) is 0 Å². The van der Waals surface area contributed by atoms with E-state index in [1.807, 2.05) is 6.07 Å². The molecule has 2 heterocycles. The quantitative estimate of drug-likeness (QED) is 0.809. The van der Waals surface area contributed by atoms with E-state index in [1.165, 1.54) is 19.3 Å². The number of anilines is 1. The standard InChI is InChI=1S/C15H18BrF3N4/c1-9(15(17,18)19)21-14-20-8-13-11(16)7-12(23(13)22-14)10-5-3-2-4-6-10/h7-10H,2-6H2,1H3,(H,21,22)/t9-/m1/s1. The van der Waals surface area contributed by atoms with Crippen LogP contribution in [0.15, 0.2) is 16.7 Å². The fourth-order valence-corrected chi connectivity index (χ4v) is 3.51. The number of nitrogens with one attached hydrogen (secondary N) is 1. The highest BCUT2D eigenvalue weighted by molar-refractivity contribution is 9.10. The minimum Gasteiger partial charge on any atom is -0.341 e. The predicted molar refractivity (Wildman–Crippen MR) is 85.7 cm³/mol. The van der Waals surface area contributed by atoms with Gasteiger partial charge in [-0.15, -0.1) is 5.10 Å². The molecular weight excluding hydrogens is 373 g/mol. The Kier molecular flexibility index (Phi) is 4.53. The summed E-state index contributed by atoms with van der Waals surface area (Å²) in [6, 6.07) is 0.314. The van der Waals surface area contributed by atoms with E-state index in [1.54, 1.807) is 10.7 Å². The van der Waals surface area contributed by atoms with Gasteiger partial charge in [0.2, 0.25) is 5.95 Å². The number of alkyl halides is 3. The number of aromatic nitrogens is 3. The topological polar surface area (TPSA) is 42.2 Å². The van der Waals surface area contributed by atoms with Crippen molar-refractivity contribution < 1.29 is 13.2 Å². The van der Waals surface area contributed by atoms with Crippen LogP contribution in [0.3, 0.4) is 0 Å². The summed E-state index contributed by atoms with van der Waals surface area (Å²) in [5.74, 6) is 0.382. The van der Waals surface area contributed by atoms with Crippen LogP contribution in [0.5, 0.6) is 0 Å². The molecule has 1 atom stereocenters. The zero-order chi connectivity index (χ0) is 16.6. The van der Waals surface area contributed by atoms with E-state index in [0.717, 1.165) is 35.4 Å². The first-order chi connectivity index (χ1) is 10.9. The Morgan fingerprint density at radius 1 is 1.30 bits per heavy atom. The van der Waals surface area contributed by atoms with Crippen molar-refractivity contribution >= 4 is 27.4 Å². The zero-order valence-electron chi connectivity index (χ0n) is 12.7. The molecule has 0 amide bonds. The molecule has 23 heavy (non-hydrogen) atoms. The SMILES string of the molecule is C[C@@H](Nc1ncc2c(Br)cc(C3CCCCC3)n2n1)C(F)(F)F. The average molecular weight is 391 g/mol. The summed E-state index contributed by atoms with van der Waals surface area (Å²) < 4.78 is 40.7. The molecule has 8 heteroatoms. The molecule has 0 aliphatic heterocycles. The van der Waals surface area contributed by atoms with Crippen molar-refractivity contribution in [3.05, 3.63) is 22.4 Å². The summed E-state index contributed by atoms with van der Waals surface area (Å²) in [6.45, 7) is 1.06. The Morgan fingerprint density at radius 3 is 2.65 bits per heavy atom. The fraction of sp³-hybridized carbons (Fsp3) is 0.600. The Labute approximate surface area is 140 Å². The van der Waals surface area contributed by atoms with E-state index in [4.69, 9.17) is 0 Å². The highest BCUT2D eigenvalue weighted by Crippen LogP contribution is 2.36. The average Bonchev–Trinajstić information content (AvgIpc) is 2.84. The van der Waals surface area contributed by atoms with Gasteiger partial charge in [0.1, 0.15) is 6.04 Å². The summed E-state index contributed by atoms with van der Waals surface area (Å²) in [5, 5.41) is 6.62. The Morgan fingerprint density at radius 2 is 2.00 bits per heavy atom. The van der Waals surface area contributed by atoms with Gasteiger partial charge in [0, 0.05) is 16.1 Å². The molecule has 0 unspecified atom stereocenters. The van der Waals surface area contributed by atoms with Crippen LogP contribution in [0.2, 0.25) is 0 Å². The summed E-state index contributed by atoms with van der Waals surface area (Å²) in [5.41, 5.74) is 1.81. The lowest BCUT2D eigenvalue weighted by Gasteiger charge is -2.21. The van der Waals surface area contributed by atoms with Crippen LogP contribution in [0.1, 0.15) is 50.6 Å². The van der Waals surface area contributed by atoms with Crippen molar-refractivity contribution in [2.24, 2.45) is 0 Å². The smallest absolute Gasteiger partial charge is 0.341 e. The van der Waals surface area contributed by atoms with Gasteiger partial charge in [0.05, 0.1) is 11.7 Å². The molecule has 1 aliphatic rings. The van der Waals surface area contributed by atoms with E-state index in [-0.39, 0.29) is 5.95 Å². The normalized spacial score (nSPS) is 18.3. The van der Waals surface area contributed by atoms with Crippen molar-refractivity contribution in [2.75, 3.05) is 5.32 Å². The van der Waals surface area contributed by atoms with Gasteiger partial charge < -0.3 is 5.32 Å². The molecule has 1 N–H and O–H groups in total. The summed E-state index contributed by atoms with van der Waals surface area (Å²) in [6.07, 6.45) is 2.99. The van der Waals surface area contributed by atoms with Gasteiger partial charge in [0.15, 0.2) is 0 Å². The van der Waals surface area contributed by atoms with E-state index in [2.05, 4.69) is 31.3 Å². The van der Waals surface area contributed by atoms with E-state index >= 15 is 0 Å². The van der Waals surface area contributed by atoms with Gasteiger partial charge in [-0.05, 0) is 41.8 Å². The van der Waals surface area contributed by atoms with Crippen LogP contribution < -0.4 is 5.32 Å². The van der Waals surface area contributed by atoms with Crippen molar-refractivity contribution in [2.45, 2.75) is 57.2 Å². The lowest BCUT2D eigenvalue weighted by atomic mass is 9.87. The van der Waals surface area contributed by atoms with Crippen LogP contribution in [-0.2, 0) is 0 Å². The molecule has 0 bridgehead atoms. The number of nitrogens with zero attached hydrogens (tertiary/aromatic N) is 3. The molecule has 2 aromatic rings. The second kappa shape index (κ2) is 6.30. The number of rotatable bonds is 3. The summed E-state index contributed by atoms with van der Waals surface area (Å²) in [7, 11) is 0. The Balaban J connectivity index is 1.94. The molecule has 3 rings (SSSR count). The second-order valence-corrected chi connectivity index (χ2v) is 6.89. The molecule has 0 aromatic carbocycles. The van der Waals surface area contributed by atoms with Crippen LogP contribution in [0.25, 0.3) is 5.52 Å². The molecule has 126 valence electrons. The maximum absolute atomic E-state index is 12.7. The molecule has 1 saturated carbocycles. The molecule has 1 fully saturated rings. The number of hydrogen-bond acceptors (Lipinski definition) is 3. The Bertz CT molecular complexity index is 692. The maximum atomic E-state index is 12.7. The van der Waals surface area contributed by atoms with Crippen molar-refractivity contribution in [3.63, 3.8) is 0 Å². The van der Waals surface area contributed by atoms with Gasteiger partial charge in [0.25, 0.3) is 0 Å². The third kappa shape index (κ3) is 3.46. The van der Waals surface area contributed by atoms with Crippen molar-refractivity contribution in [1.82, 2.24) is 14.6 Å². The van der Waals surface area contributed by atoms with Crippen molar-refractivity contribution in [3.8, 4) is 0 Å². The second-order valence-electron chi connectivity index (χ2n) is 6.04. The number of hydrogen-bond donors (Lipinski definition) is 1. The molecule has 0 radical (unpaired) electrons. The highest BCUT2D eigenvalue weighted by atomic mass is 79.9. The third-order valence-electron chi connectivity index (χ3n) is 4.36. The van der Waals surface area contributed by atoms with Gasteiger partial charge in [-0.25, -0.2) is 9.50 Å². The van der Waals surface area contributed by atoms with E-state index in [9.17, 15) is 13.2 Å². The molecule has 4 nitrogen and oxygen atoms in total.